The van der Waals surface area contributed by atoms with Gasteiger partial charge in [-0.05, 0) is 61.6 Å². The molecule has 0 fully saturated rings. The first-order valence-corrected chi connectivity index (χ1v) is 6.76. The van der Waals surface area contributed by atoms with Gasteiger partial charge >= 0.3 is 0 Å². The van der Waals surface area contributed by atoms with E-state index in [1.54, 1.807) is 7.11 Å². The Bertz CT molecular complexity index is 405. The van der Waals surface area contributed by atoms with Crippen LogP contribution in [0.1, 0.15) is 19.4 Å². The van der Waals surface area contributed by atoms with Crippen molar-refractivity contribution in [1.29, 1.82) is 0 Å². The fraction of sp³-hybridized carbons (Fsp3) is 0.571. The number of nitrogens with zero attached hydrogens (tertiary/aromatic N) is 1. The van der Waals surface area contributed by atoms with Crippen LogP contribution in [-0.4, -0.2) is 42.9 Å². The van der Waals surface area contributed by atoms with E-state index in [1.165, 1.54) is 0 Å². The standard InChI is InChI=1S/C14H22BrNO2/c1-14(2,16(3)4)13(17)9-10-6-7-12(18-5)11(15)8-10/h6-8,13,17H,9H2,1-5H3. The van der Waals surface area contributed by atoms with E-state index in [9.17, 15) is 5.11 Å². The summed E-state index contributed by atoms with van der Waals surface area (Å²) < 4.78 is 6.11. The van der Waals surface area contributed by atoms with Crippen molar-refractivity contribution in [2.45, 2.75) is 31.9 Å². The summed E-state index contributed by atoms with van der Waals surface area (Å²) in [5.41, 5.74) is 0.831. The molecule has 3 nitrogen and oxygen atoms in total. The highest BCUT2D eigenvalue weighted by Crippen LogP contribution is 2.27. The maximum absolute atomic E-state index is 10.3. The Morgan fingerprint density at radius 3 is 2.44 bits per heavy atom. The predicted molar refractivity (Wildman–Crippen MR) is 78.2 cm³/mol. The van der Waals surface area contributed by atoms with E-state index in [1.807, 2.05) is 51.0 Å². The van der Waals surface area contributed by atoms with Crippen LogP contribution in [-0.2, 0) is 6.42 Å². The number of benzene rings is 1. The maximum atomic E-state index is 10.3. The SMILES string of the molecule is COc1ccc(CC(O)C(C)(C)N(C)C)cc1Br. The molecule has 0 saturated carbocycles. The van der Waals surface area contributed by atoms with Crippen LogP contribution in [0.5, 0.6) is 5.75 Å². The van der Waals surface area contributed by atoms with Crippen LogP contribution in [0.15, 0.2) is 22.7 Å². The van der Waals surface area contributed by atoms with E-state index < -0.39 is 6.10 Å². The van der Waals surface area contributed by atoms with Crippen LogP contribution in [0.4, 0.5) is 0 Å². The van der Waals surface area contributed by atoms with Gasteiger partial charge in [0.15, 0.2) is 0 Å². The molecule has 0 saturated heterocycles. The quantitative estimate of drug-likeness (QED) is 0.906. The predicted octanol–water partition coefficient (Wildman–Crippen LogP) is 2.70. The van der Waals surface area contributed by atoms with Crippen LogP contribution in [0.2, 0.25) is 0 Å². The summed E-state index contributed by atoms with van der Waals surface area (Å²) in [4.78, 5) is 2.04. The Kier molecular flexibility index (Phi) is 5.20. The molecule has 0 aliphatic carbocycles. The van der Waals surface area contributed by atoms with Crippen molar-refractivity contribution < 1.29 is 9.84 Å². The molecule has 0 amide bonds. The summed E-state index contributed by atoms with van der Waals surface area (Å²) in [6, 6.07) is 5.89. The topological polar surface area (TPSA) is 32.7 Å². The zero-order valence-corrected chi connectivity index (χ0v) is 13.3. The highest BCUT2D eigenvalue weighted by molar-refractivity contribution is 9.10. The molecule has 1 N–H and O–H groups in total. The van der Waals surface area contributed by atoms with Crippen LogP contribution in [0.25, 0.3) is 0 Å². The van der Waals surface area contributed by atoms with Crippen LogP contribution >= 0.6 is 15.9 Å². The summed E-state index contributed by atoms with van der Waals surface area (Å²) in [7, 11) is 5.60. The third kappa shape index (κ3) is 3.46. The normalized spacial score (nSPS) is 13.8. The zero-order chi connectivity index (χ0) is 13.9. The molecule has 0 spiro atoms. The van der Waals surface area contributed by atoms with E-state index >= 15 is 0 Å². The number of hydrogen-bond acceptors (Lipinski definition) is 3. The van der Waals surface area contributed by atoms with Gasteiger partial charge in [-0.25, -0.2) is 0 Å². The van der Waals surface area contributed by atoms with Gasteiger partial charge in [0.05, 0.1) is 17.7 Å². The van der Waals surface area contributed by atoms with Crippen molar-refractivity contribution in [2.75, 3.05) is 21.2 Å². The molecule has 1 rings (SSSR count). The molecule has 1 atom stereocenters. The average Bonchev–Trinajstić information content (AvgIpc) is 2.28. The van der Waals surface area contributed by atoms with Crippen molar-refractivity contribution in [1.82, 2.24) is 4.90 Å². The molecular weight excluding hydrogens is 294 g/mol. The molecule has 0 aliphatic heterocycles. The summed E-state index contributed by atoms with van der Waals surface area (Å²) >= 11 is 3.46. The lowest BCUT2D eigenvalue weighted by atomic mass is 9.91. The number of aliphatic hydroxyl groups is 1. The molecular formula is C14H22BrNO2. The molecule has 0 bridgehead atoms. The number of halogens is 1. The van der Waals surface area contributed by atoms with Gasteiger partial charge in [0.2, 0.25) is 0 Å². The van der Waals surface area contributed by atoms with Crippen molar-refractivity contribution >= 4 is 15.9 Å². The number of rotatable bonds is 5. The Morgan fingerprint density at radius 1 is 1.39 bits per heavy atom. The summed E-state index contributed by atoms with van der Waals surface area (Å²) in [6.07, 6.45) is 0.195. The van der Waals surface area contributed by atoms with Gasteiger partial charge in [0, 0.05) is 12.0 Å². The molecule has 0 radical (unpaired) electrons. The Hall–Kier alpha value is -0.580. The third-order valence-corrected chi connectivity index (χ3v) is 4.23. The highest BCUT2D eigenvalue weighted by atomic mass is 79.9. The first-order chi connectivity index (χ1) is 8.28. The van der Waals surface area contributed by atoms with E-state index in [2.05, 4.69) is 15.9 Å². The van der Waals surface area contributed by atoms with Crippen LogP contribution in [0, 0.1) is 0 Å². The minimum Gasteiger partial charge on any atom is -0.496 e. The largest absolute Gasteiger partial charge is 0.496 e. The number of aliphatic hydroxyl groups excluding tert-OH is 1. The number of ether oxygens (including phenoxy) is 1. The average molecular weight is 316 g/mol. The number of methoxy groups -OCH3 is 1. The lowest BCUT2D eigenvalue weighted by Gasteiger charge is -2.37. The Morgan fingerprint density at radius 2 is 2.00 bits per heavy atom. The summed E-state index contributed by atoms with van der Waals surface area (Å²) in [5, 5.41) is 10.3. The smallest absolute Gasteiger partial charge is 0.133 e. The van der Waals surface area contributed by atoms with Gasteiger partial charge in [-0.3, -0.25) is 0 Å². The second-order valence-corrected chi connectivity index (χ2v) is 6.09. The van der Waals surface area contributed by atoms with E-state index in [4.69, 9.17) is 4.74 Å². The molecule has 18 heavy (non-hydrogen) atoms. The van der Waals surface area contributed by atoms with E-state index in [-0.39, 0.29) is 5.54 Å². The Balaban J connectivity index is 2.82. The molecule has 0 aliphatic rings. The molecule has 1 aromatic carbocycles. The molecule has 1 unspecified atom stereocenters. The molecule has 1 aromatic rings. The number of hydrogen-bond donors (Lipinski definition) is 1. The zero-order valence-electron chi connectivity index (χ0n) is 11.7. The Labute approximate surface area is 118 Å². The second-order valence-electron chi connectivity index (χ2n) is 5.24. The first kappa shape index (κ1) is 15.5. The first-order valence-electron chi connectivity index (χ1n) is 5.97. The fourth-order valence-corrected chi connectivity index (χ4v) is 2.20. The van der Waals surface area contributed by atoms with Gasteiger partial charge in [-0.1, -0.05) is 6.07 Å². The van der Waals surface area contributed by atoms with Gasteiger partial charge in [-0.15, -0.1) is 0 Å². The summed E-state index contributed by atoms with van der Waals surface area (Å²) in [5.74, 6) is 0.806. The lowest BCUT2D eigenvalue weighted by molar-refractivity contribution is 0.0182. The fourth-order valence-electron chi connectivity index (χ4n) is 1.61. The molecule has 102 valence electrons. The summed E-state index contributed by atoms with van der Waals surface area (Å²) in [6.45, 7) is 4.08. The van der Waals surface area contributed by atoms with Gasteiger partial charge in [-0.2, -0.15) is 0 Å². The van der Waals surface area contributed by atoms with E-state index in [0.717, 1.165) is 15.8 Å². The minimum atomic E-state index is -0.423. The molecule has 0 aromatic heterocycles. The number of likely N-dealkylation sites (N-methyl/N-ethyl adjacent to an activating group) is 1. The van der Waals surface area contributed by atoms with Gasteiger partial charge in [0.1, 0.15) is 5.75 Å². The molecule has 0 heterocycles. The van der Waals surface area contributed by atoms with Crippen LogP contribution in [0.3, 0.4) is 0 Å². The maximum Gasteiger partial charge on any atom is 0.133 e. The van der Waals surface area contributed by atoms with Crippen LogP contribution < -0.4 is 4.74 Å². The monoisotopic (exact) mass is 315 g/mol. The third-order valence-electron chi connectivity index (χ3n) is 3.61. The van der Waals surface area contributed by atoms with Crippen molar-refractivity contribution in [3.05, 3.63) is 28.2 Å². The lowest BCUT2D eigenvalue weighted by Crippen LogP contribution is -2.49. The van der Waals surface area contributed by atoms with Crippen molar-refractivity contribution in [3.8, 4) is 5.75 Å². The van der Waals surface area contributed by atoms with Crippen molar-refractivity contribution in [2.24, 2.45) is 0 Å². The van der Waals surface area contributed by atoms with Crippen molar-refractivity contribution in [3.63, 3.8) is 0 Å². The van der Waals surface area contributed by atoms with E-state index in [0.29, 0.717) is 6.42 Å². The second kappa shape index (κ2) is 6.04. The highest BCUT2D eigenvalue weighted by Gasteiger charge is 2.30. The molecule has 4 heteroatoms. The van der Waals surface area contributed by atoms with Gasteiger partial charge < -0.3 is 14.7 Å². The van der Waals surface area contributed by atoms with Gasteiger partial charge in [0.25, 0.3) is 0 Å². The minimum absolute atomic E-state index is 0.258.